The number of nitrogens with one attached hydrogen (secondary N) is 1. The Labute approximate surface area is 119 Å². The van der Waals surface area contributed by atoms with Crippen molar-refractivity contribution in [2.75, 3.05) is 6.54 Å². The molecule has 5 heteroatoms. The molecule has 2 rings (SSSR count). The molecular formula is C14H14BrNO3. The van der Waals surface area contributed by atoms with Crippen LogP contribution in [0.1, 0.15) is 22.5 Å². The number of rotatable bonds is 5. The van der Waals surface area contributed by atoms with Crippen molar-refractivity contribution in [2.24, 2.45) is 0 Å². The molecule has 0 radical (unpaired) electrons. The average Bonchev–Trinajstić information content (AvgIpc) is 2.83. The summed E-state index contributed by atoms with van der Waals surface area (Å²) >= 11 is 3.15. The molecule has 1 aromatic heterocycles. The maximum absolute atomic E-state index is 11.7. The zero-order valence-corrected chi connectivity index (χ0v) is 11.8. The fourth-order valence-electron chi connectivity index (χ4n) is 1.68. The van der Waals surface area contributed by atoms with Gasteiger partial charge in [0.15, 0.2) is 10.4 Å². The molecule has 4 nitrogen and oxygen atoms in total. The summed E-state index contributed by atoms with van der Waals surface area (Å²) in [5.41, 5.74) is 1.13. The van der Waals surface area contributed by atoms with Gasteiger partial charge in [-0.15, -0.1) is 0 Å². The van der Waals surface area contributed by atoms with Gasteiger partial charge in [0.05, 0.1) is 0 Å². The number of phenolic OH excluding ortho intramolecular Hbond substituents is 1. The van der Waals surface area contributed by atoms with Crippen LogP contribution in [0.25, 0.3) is 0 Å². The van der Waals surface area contributed by atoms with E-state index in [9.17, 15) is 4.79 Å². The number of aryl methyl sites for hydroxylation is 1. The third-order valence-corrected chi connectivity index (χ3v) is 3.09. The summed E-state index contributed by atoms with van der Waals surface area (Å²) < 4.78 is 5.69. The van der Waals surface area contributed by atoms with E-state index in [1.54, 1.807) is 24.3 Å². The van der Waals surface area contributed by atoms with Crippen LogP contribution in [0.5, 0.6) is 5.75 Å². The van der Waals surface area contributed by atoms with E-state index in [1.807, 2.05) is 12.1 Å². The van der Waals surface area contributed by atoms with Crippen LogP contribution in [-0.4, -0.2) is 17.6 Å². The largest absolute Gasteiger partial charge is 0.508 e. The molecule has 2 N–H and O–H groups in total. The van der Waals surface area contributed by atoms with Crippen molar-refractivity contribution < 1.29 is 14.3 Å². The molecule has 19 heavy (non-hydrogen) atoms. The minimum atomic E-state index is -0.212. The molecule has 0 spiro atoms. The van der Waals surface area contributed by atoms with E-state index in [4.69, 9.17) is 9.52 Å². The van der Waals surface area contributed by atoms with Crippen LogP contribution in [-0.2, 0) is 6.42 Å². The van der Waals surface area contributed by atoms with Crippen molar-refractivity contribution in [2.45, 2.75) is 12.8 Å². The molecule has 0 aliphatic carbocycles. The van der Waals surface area contributed by atoms with Gasteiger partial charge in [-0.2, -0.15) is 0 Å². The van der Waals surface area contributed by atoms with Crippen LogP contribution in [0.4, 0.5) is 0 Å². The number of hydrogen-bond donors (Lipinski definition) is 2. The van der Waals surface area contributed by atoms with E-state index in [-0.39, 0.29) is 11.7 Å². The van der Waals surface area contributed by atoms with Crippen LogP contribution >= 0.6 is 15.9 Å². The van der Waals surface area contributed by atoms with Crippen molar-refractivity contribution in [3.8, 4) is 5.75 Å². The molecule has 100 valence electrons. The number of aromatic hydroxyl groups is 1. The Morgan fingerprint density at radius 1 is 1.21 bits per heavy atom. The van der Waals surface area contributed by atoms with Crippen LogP contribution in [0.15, 0.2) is 45.5 Å². The van der Waals surface area contributed by atoms with Crippen molar-refractivity contribution in [3.05, 3.63) is 52.4 Å². The highest BCUT2D eigenvalue weighted by Gasteiger charge is 2.08. The summed E-state index contributed by atoms with van der Waals surface area (Å²) in [6.45, 7) is 0.581. The predicted octanol–water partition coefficient (Wildman–Crippen LogP) is 3.11. The molecule has 0 aliphatic rings. The number of hydrogen-bond acceptors (Lipinski definition) is 3. The maximum Gasteiger partial charge on any atom is 0.287 e. The maximum atomic E-state index is 11.7. The number of carbonyl (C=O) groups is 1. The Morgan fingerprint density at radius 3 is 2.58 bits per heavy atom. The average molecular weight is 324 g/mol. The molecule has 0 fully saturated rings. The smallest absolute Gasteiger partial charge is 0.287 e. The first-order chi connectivity index (χ1) is 9.15. The Bertz CT molecular complexity index is 548. The van der Waals surface area contributed by atoms with Crippen LogP contribution in [0, 0.1) is 0 Å². The van der Waals surface area contributed by atoms with Crippen molar-refractivity contribution in [1.29, 1.82) is 0 Å². The second kappa shape index (κ2) is 6.43. The normalized spacial score (nSPS) is 10.4. The summed E-state index contributed by atoms with van der Waals surface area (Å²) in [6, 6.07) is 10.4. The summed E-state index contributed by atoms with van der Waals surface area (Å²) in [7, 11) is 0. The number of furan rings is 1. The standard InChI is InChI=1S/C14H14BrNO3/c15-13-8-7-12(19-13)14(18)16-9-1-2-10-3-5-11(17)6-4-10/h3-8,17H,1-2,9H2,(H,16,18). The Morgan fingerprint density at radius 2 is 1.95 bits per heavy atom. The molecule has 0 unspecified atom stereocenters. The minimum absolute atomic E-state index is 0.212. The lowest BCUT2D eigenvalue weighted by atomic mass is 10.1. The van der Waals surface area contributed by atoms with Gasteiger partial charge in [0.1, 0.15) is 5.75 Å². The Kier molecular flexibility index (Phi) is 4.63. The lowest BCUT2D eigenvalue weighted by molar-refractivity contribution is 0.0924. The lowest BCUT2D eigenvalue weighted by Crippen LogP contribution is -2.24. The molecule has 1 aromatic carbocycles. The molecule has 0 bridgehead atoms. The Hall–Kier alpha value is -1.75. The van der Waals surface area contributed by atoms with Gasteiger partial charge in [-0.3, -0.25) is 4.79 Å². The van der Waals surface area contributed by atoms with Gasteiger partial charge < -0.3 is 14.8 Å². The topological polar surface area (TPSA) is 62.5 Å². The van der Waals surface area contributed by atoms with Gasteiger partial charge in [-0.1, -0.05) is 12.1 Å². The third-order valence-electron chi connectivity index (χ3n) is 2.66. The van der Waals surface area contributed by atoms with E-state index in [2.05, 4.69) is 21.2 Å². The van der Waals surface area contributed by atoms with Gasteiger partial charge in [-0.25, -0.2) is 0 Å². The predicted molar refractivity (Wildman–Crippen MR) is 75.2 cm³/mol. The second-order valence-electron chi connectivity index (χ2n) is 4.13. The van der Waals surface area contributed by atoms with Crippen LogP contribution < -0.4 is 5.32 Å². The SMILES string of the molecule is O=C(NCCCc1ccc(O)cc1)c1ccc(Br)o1. The van der Waals surface area contributed by atoms with Gasteiger partial charge >= 0.3 is 0 Å². The van der Waals surface area contributed by atoms with E-state index in [0.717, 1.165) is 18.4 Å². The van der Waals surface area contributed by atoms with E-state index in [1.165, 1.54) is 0 Å². The molecule has 0 saturated carbocycles. The second-order valence-corrected chi connectivity index (χ2v) is 4.91. The van der Waals surface area contributed by atoms with Crippen molar-refractivity contribution in [3.63, 3.8) is 0 Å². The lowest BCUT2D eigenvalue weighted by Gasteiger charge is -2.04. The van der Waals surface area contributed by atoms with Gasteiger partial charge in [-0.05, 0) is 58.6 Å². The van der Waals surface area contributed by atoms with E-state index in [0.29, 0.717) is 17.0 Å². The van der Waals surface area contributed by atoms with Crippen LogP contribution in [0.2, 0.25) is 0 Å². The zero-order chi connectivity index (χ0) is 13.7. The summed E-state index contributed by atoms with van der Waals surface area (Å²) in [5, 5.41) is 11.9. The summed E-state index contributed by atoms with van der Waals surface area (Å²) in [6.07, 6.45) is 1.68. The van der Waals surface area contributed by atoms with Crippen LogP contribution in [0.3, 0.4) is 0 Å². The van der Waals surface area contributed by atoms with E-state index >= 15 is 0 Å². The van der Waals surface area contributed by atoms with Gasteiger partial charge in [0.25, 0.3) is 5.91 Å². The first kappa shape index (κ1) is 13.7. The Balaban J connectivity index is 1.72. The first-order valence-corrected chi connectivity index (χ1v) is 6.76. The monoisotopic (exact) mass is 323 g/mol. The summed E-state index contributed by atoms with van der Waals surface area (Å²) in [5.74, 6) is 0.355. The molecule has 0 atom stereocenters. The number of amides is 1. The van der Waals surface area contributed by atoms with Crippen molar-refractivity contribution in [1.82, 2.24) is 5.32 Å². The fraction of sp³-hybridized carbons (Fsp3) is 0.214. The quantitative estimate of drug-likeness (QED) is 0.831. The fourth-order valence-corrected chi connectivity index (χ4v) is 1.99. The van der Waals surface area contributed by atoms with E-state index < -0.39 is 0 Å². The molecule has 1 amide bonds. The molecule has 0 saturated heterocycles. The molecule has 0 aliphatic heterocycles. The summed E-state index contributed by atoms with van der Waals surface area (Å²) in [4.78, 5) is 11.7. The number of carbonyl (C=O) groups excluding carboxylic acids is 1. The number of phenols is 1. The third kappa shape index (κ3) is 4.13. The highest BCUT2D eigenvalue weighted by Crippen LogP contribution is 2.14. The van der Waals surface area contributed by atoms with Gasteiger partial charge in [0, 0.05) is 6.54 Å². The molecular weight excluding hydrogens is 310 g/mol. The van der Waals surface area contributed by atoms with Crippen molar-refractivity contribution >= 4 is 21.8 Å². The minimum Gasteiger partial charge on any atom is -0.508 e. The highest BCUT2D eigenvalue weighted by molar-refractivity contribution is 9.10. The highest BCUT2D eigenvalue weighted by atomic mass is 79.9. The van der Waals surface area contributed by atoms with Gasteiger partial charge in [0.2, 0.25) is 0 Å². The number of benzene rings is 1. The zero-order valence-electron chi connectivity index (χ0n) is 10.2. The first-order valence-electron chi connectivity index (χ1n) is 5.96. The molecule has 1 heterocycles. The molecule has 2 aromatic rings. The number of halogens is 1.